The van der Waals surface area contributed by atoms with Crippen LogP contribution in [0.1, 0.15) is 368 Å². The molecule has 0 radical (unpaired) electrons. The van der Waals surface area contributed by atoms with Gasteiger partial charge >= 0.3 is 0 Å². The Morgan fingerprint density at radius 3 is 0.177 bits per heavy atom. The van der Waals surface area contributed by atoms with E-state index in [1.807, 2.05) is 0 Å². The van der Waals surface area contributed by atoms with E-state index >= 15 is 0 Å². The molecule has 0 spiro atoms. The molecule has 0 aromatic heterocycles. The first-order chi connectivity index (χ1) is 27.3. The van der Waals surface area contributed by atoms with E-state index in [9.17, 15) is 0 Å². The SMILES string of the molecule is CCCCCCC.CCCCCCC.CCCCCCC.CCCCCCC.CCCCCCC.CCCCCCC.CCCCCCC.CCCCCCC.O.O.O.O.O.O. The maximum atomic E-state index is 2.25. The zero-order valence-corrected chi connectivity index (χ0v) is 47.3. The van der Waals surface area contributed by atoms with Crippen molar-refractivity contribution in [3.8, 4) is 0 Å². The third kappa shape index (κ3) is 205. The van der Waals surface area contributed by atoms with Crippen molar-refractivity contribution in [2.24, 2.45) is 0 Å². The number of unbranched alkanes of at least 4 members (excludes halogenated alkanes) is 32. The van der Waals surface area contributed by atoms with Crippen LogP contribution in [-0.4, -0.2) is 32.9 Å². The molecule has 62 heavy (non-hydrogen) atoms. The second kappa shape index (κ2) is 137. The van der Waals surface area contributed by atoms with E-state index in [-0.39, 0.29) is 32.9 Å². The Bertz CT molecular complexity index is 302. The van der Waals surface area contributed by atoms with Crippen molar-refractivity contribution in [3.05, 3.63) is 0 Å². The highest BCUT2D eigenvalue weighted by Crippen LogP contribution is 2.04. The molecule has 0 heterocycles. The summed E-state index contributed by atoms with van der Waals surface area (Å²) in [5, 5.41) is 0. The first kappa shape index (κ1) is 100.0. The summed E-state index contributed by atoms with van der Waals surface area (Å²) in [6.07, 6.45) is 56.1. The summed E-state index contributed by atoms with van der Waals surface area (Å²) in [6, 6.07) is 0. The topological polar surface area (TPSA) is 189 Å². The van der Waals surface area contributed by atoms with Crippen molar-refractivity contribution in [3.63, 3.8) is 0 Å². The van der Waals surface area contributed by atoms with Crippen LogP contribution in [0.15, 0.2) is 0 Å². The normalized spacial score (nSPS) is 8.52. The summed E-state index contributed by atoms with van der Waals surface area (Å²) in [6.45, 7) is 35.9. The van der Waals surface area contributed by atoms with E-state index in [0.717, 1.165) is 0 Å². The average Bonchev–Trinajstić information content (AvgIpc) is 3.21. The van der Waals surface area contributed by atoms with Gasteiger partial charge in [0.15, 0.2) is 0 Å². The predicted octanol–water partition coefficient (Wildman–Crippen LogP) is 18.9. The fraction of sp³-hybridized carbons (Fsp3) is 1.00. The Hall–Kier alpha value is -0.240. The molecule has 0 saturated carbocycles. The van der Waals surface area contributed by atoms with Gasteiger partial charge in [0.1, 0.15) is 0 Å². The largest absolute Gasteiger partial charge is 0.412 e. The first-order valence-electron chi connectivity index (χ1n) is 27.3. The van der Waals surface area contributed by atoms with Crippen LogP contribution in [0.5, 0.6) is 0 Å². The third-order valence-electron chi connectivity index (χ3n) is 9.66. The molecule has 12 N–H and O–H groups in total. The minimum atomic E-state index is 0. The Morgan fingerprint density at radius 2 is 0.145 bits per heavy atom. The van der Waals surface area contributed by atoms with E-state index < -0.39 is 0 Å². The summed E-state index contributed by atoms with van der Waals surface area (Å²) >= 11 is 0. The van der Waals surface area contributed by atoms with Crippen molar-refractivity contribution in [1.29, 1.82) is 0 Å². The Morgan fingerprint density at radius 1 is 0.0968 bits per heavy atom. The molecule has 0 unspecified atom stereocenters. The van der Waals surface area contributed by atoms with Gasteiger partial charge in [0.2, 0.25) is 0 Å². The van der Waals surface area contributed by atoms with Crippen molar-refractivity contribution in [2.75, 3.05) is 0 Å². The zero-order chi connectivity index (χ0) is 44.3. The molecule has 6 nitrogen and oxygen atoms in total. The highest BCUT2D eigenvalue weighted by molar-refractivity contribution is 4.40. The van der Waals surface area contributed by atoms with Crippen LogP contribution >= 0.6 is 0 Å². The summed E-state index contributed by atoms with van der Waals surface area (Å²) in [5.41, 5.74) is 0. The van der Waals surface area contributed by atoms with Gasteiger partial charge in [-0.3, -0.25) is 0 Å². The van der Waals surface area contributed by atoms with E-state index in [1.54, 1.807) is 0 Å². The van der Waals surface area contributed by atoms with Crippen LogP contribution in [0.4, 0.5) is 0 Å². The second-order valence-electron chi connectivity index (χ2n) is 16.5. The zero-order valence-electron chi connectivity index (χ0n) is 47.3. The lowest BCUT2D eigenvalue weighted by molar-refractivity contribution is 0.656. The summed E-state index contributed by atoms with van der Waals surface area (Å²) < 4.78 is 0. The van der Waals surface area contributed by atoms with Crippen LogP contribution < -0.4 is 0 Å². The minimum Gasteiger partial charge on any atom is -0.412 e. The van der Waals surface area contributed by atoms with E-state index in [1.165, 1.54) is 257 Å². The molecule has 6 heteroatoms. The molecule has 0 fully saturated rings. The fourth-order valence-electron chi connectivity index (χ4n) is 5.41. The number of rotatable bonds is 32. The molecule has 0 aliphatic rings. The third-order valence-corrected chi connectivity index (χ3v) is 9.66. The van der Waals surface area contributed by atoms with Gasteiger partial charge in [0.25, 0.3) is 0 Å². The fourth-order valence-corrected chi connectivity index (χ4v) is 5.41. The van der Waals surface area contributed by atoms with Gasteiger partial charge in [-0.1, -0.05) is 368 Å². The van der Waals surface area contributed by atoms with Crippen molar-refractivity contribution in [2.45, 2.75) is 368 Å². The highest BCUT2D eigenvalue weighted by Gasteiger charge is 1.84. The van der Waals surface area contributed by atoms with Gasteiger partial charge in [0.05, 0.1) is 0 Å². The molecule has 0 aromatic rings. The highest BCUT2D eigenvalue weighted by atomic mass is 16.0. The maximum Gasteiger partial charge on any atom is -0.0533 e. The van der Waals surface area contributed by atoms with Gasteiger partial charge in [-0.25, -0.2) is 0 Å². The van der Waals surface area contributed by atoms with Crippen LogP contribution in [-0.2, 0) is 0 Å². The smallest absolute Gasteiger partial charge is 0.0533 e. The maximum absolute atomic E-state index is 2.25. The minimum absolute atomic E-state index is 0. The van der Waals surface area contributed by atoms with Crippen molar-refractivity contribution in [1.82, 2.24) is 0 Å². The van der Waals surface area contributed by atoms with Gasteiger partial charge in [-0.05, 0) is 0 Å². The lowest BCUT2D eigenvalue weighted by atomic mass is 10.2. The van der Waals surface area contributed by atoms with Gasteiger partial charge in [-0.2, -0.15) is 0 Å². The van der Waals surface area contributed by atoms with Crippen molar-refractivity contribution < 1.29 is 32.9 Å². The molecule has 0 bridgehead atoms. The Balaban J connectivity index is -0.0000000349. The standard InChI is InChI=1S/8C7H16.6H2O/c8*1-3-5-7-6-4-2;;;;;;/h8*3-7H2,1-2H3;6*1H2. The molecule has 0 aromatic carbocycles. The molecule has 0 aliphatic carbocycles. The Labute approximate surface area is 399 Å². The monoisotopic (exact) mass is 909 g/mol. The van der Waals surface area contributed by atoms with Gasteiger partial charge in [-0.15, -0.1) is 0 Å². The molecule has 0 rings (SSSR count). The van der Waals surface area contributed by atoms with E-state index in [0.29, 0.717) is 0 Å². The van der Waals surface area contributed by atoms with E-state index in [4.69, 9.17) is 0 Å². The summed E-state index contributed by atoms with van der Waals surface area (Å²) in [7, 11) is 0. The van der Waals surface area contributed by atoms with Crippen LogP contribution in [0.2, 0.25) is 0 Å². The van der Waals surface area contributed by atoms with Gasteiger partial charge in [0, 0.05) is 0 Å². The van der Waals surface area contributed by atoms with Crippen molar-refractivity contribution >= 4 is 0 Å². The number of hydrogen-bond acceptors (Lipinski definition) is 0. The molecule has 0 aliphatic heterocycles. The molecule has 0 atom stereocenters. The van der Waals surface area contributed by atoms with Crippen LogP contribution in [0.25, 0.3) is 0 Å². The predicted molar refractivity (Wildman–Crippen MR) is 297 cm³/mol. The lowest BCUT2D eigenvalue weighted by Crippen LogP contribution is -1.70. The summed E-state index contributed by atoms with van der Waals surface area (Å²) in [5.74, 6) is 0. The average molecular weight is 910 g/mol. The molecular weight excluding hydrogens is 769 g/mol. The second-order valence-corrected chi connectivity index (χ2v) is 16.5. The van der Waals surface area contributed by atoms with E-state index in [2.05, 4.69) is 111 Å². The number of hydrogen-bond donors (Lipinski definition) is 0. The molecular formula is C56H140O6. The quantitative estimate of drug-likeness (QED) is 0.0581. The first-order valence-corrected chi connectivity index (χ1v) is 27.3. The van der Waals surface area contributed by atoms with Gasteiger partial charge < -0.3 is 32.9 Å². The Kier molecular flexibility index (Phi) is 221. The molecule has 0 saturated heterocycles. The summed E-state index contributed by atoms with van der Waals surface area (Å²) in [4.78, 5) is 0. The molecule has 400 valence electrons. The van der Waals surface area contributed by atoms with Crippen LogP contribution in [0.3, 0.4) is 0 Å². The van der Waals surface area contributed by atoms with Crippen LogP contribution in [0, 0.1) is 0 Å². The molecule has 0 amide bonds. The lowest BCUT2D eigenvalue weighted by Gasteiger charge is -1.90.